The molecule has 0 aliphatic carbocycles. The van der Waals surface area contributed by atoms with Gasteiger partial charge in [-0.3, -0.25) is 5.32 Å². The molecule has 0 aromatic heterocycles. The van der Waals surface area contributed by atoms with Gasteiger partial charge in [-0.1, -0.05) is 44.2 Å². The minimum Gasteiger partial charge on any atom is -0.304 e. The van der Waals surface area contributed by atoms with Crippen LogP contribution in [0.25, 0.3) is 0 Å². The van der Waals surface area contributed by atoms with Gasteiger partial charge in [-0.15, -0.1) is 0 Å². The van der Waals surface area contributed by atoms with E-state index in [9.17, 15) is 5.26 Å². The zero-order chi connectivity index (χ0) is 15.0. The largest absolute Gasteiger partial charge is 0.304 e. The lowest BCUT2D eigenvalue weighted by Crippen LogP contribution is -2.44. The van der Waals surface area contributed by atoms with Crippen molar-refractivity contribution in [1.29, 1.82) is 5.26 Å². The Morgan fingerprint density at radius 1 is 1.30 bits per heavy atom. The van der Waals surface area contributed by atoms with Crippen molar-refractivity contribution < 1.29 is 0 Å². The smallest absolute Gasteiger partial charge is 0.133 e. The minimum absolute atomic E-state index is 0.545. The topological polar surface area (TPSA) is 39.1 Å². The molecule has 0 saturated carbocycles. The van der Waals surface area contributed by atoms with Crippen molar-refractivity contribution in [3.8, 4) is 6.07 Å². The summed E-state index contributed by atoms with van der Waals surface area (Å²) in [7, 11) is 2.13. The zero-order valence-corrected chi connectivity index (χ0v) is 13.2. The summed E-state index contributed by atoms with van der Waals surface area (Å²) >= 11 is 0. The summed E-state index contributed by atoms with van der Waals surface area (Å²) in [5, 5.41) is 13.1. The molecule has 0 fully saturated rings. The molecule has 3 heteroatoms. The van der Waals surface area contributed by atoms with Crippen LogP contribution in [-0.4, -0.2) is 31.1 Å². The lowest BCUT2D eigenvalue weighted by Gasteiger charge is -2.32. The van der Waals surface area contributed by atoms with Gasteiger partial charge >= 0.3 is 0 Å². The Morgan fingerprint density at radius 3 is 2.45 bits per heavy atom. The van der Waals surface area contributed by atoms with E-state index in [2.05, 4.69) is 37.2 Å². The lowest BCUT2D eigenvalue weighted by molar-refractivity contribution is 0.224. The Morgan fingerprint density at radius 2 is 1.95 bits per heavy atom. The molecule has 0 heterocycles. The van der Waals surface area contributed by atoms with E-state index >= 15 is 0 Å². The first-order valence-corrected chi connectivity index (χ1v) is 7.51. The number of nitriles is 1. The number of rotatable bonds is 8. The van der Waals surface area contributed by atoms with Crippen LogP contribution in [0.4, 0.5) is 0 Å². The van der Waals surface area contributed by atoms with Crippen LogP contribution in [0.3, 0.4) is 0 Å². The van der Waals surface area contributed by atoms with Crippen molar-refractivity contribution in [3.05, 3.63) is 35.9 Å². The number of nitrogens with zero attached hydrogens (tertiary/aromatic N) is 2. The molecule has 0 radical (unpaired) electrons. The highest BCUT2D eigenvalue weighted by molar-refractivity contribution is 5.31. The van der Waals surface area contributed by atoms with E-state index in [1.807, 2.05) is 37.3 Å². The quantitative estimate of drug-likeness (QED) is 0.791. The second-order valence-corrected chi connectivity index (χ2v) is 5.40. The average Bonchev–Trinajstić information content (AvgIpc) is 2.51. The van der Waals surface area contributed by atoms with Crippen LogP contribution in [-0.2, 0) is 5.54 Å². The summed E-state index contributed by atoms with van der Waals surface area (Å²) in [6.07, 6.45) is 1.92. The zero-order valence-electron chi connectivity index (χ0n) is 13.2. The Labute approximate surface area is 123 Å². The highest BCUT2D eigenvalue weighted by atomic mass is 15.1. The van der Waals surface area contributed by atoms with Gasteiger partial charge < -0.3 is 4.90 Å². The van der Waals surface area contributed by atoms with Gasteiger partial charge in [0.2, 0.25) is 0 Å². The molecule has 1 N–H and O–H groups in total. The number of benzene rings is 1. The highest BCUT2D eigenvalue weighted by Gasteiger charge is 2.31. The van der Waals surface area contributed by atoms with Gasteiger partial charge in [-0.25, -0.2) is 0 Å². The molecule has 110 valence electrons. The molecular weight excluding hydrogens is 246 g/mol. The van der Waals surface area contributed by atoms with Crippen molar-refractivity contribution >= 4 is 0 Å². The lowest BCUT2D eigenvalue weighted by atomic mass is 9.87. The van der Waals surface area contributed by atoms with Gasteiger partial charge in [0.15, 0.2) is 0 Å². The van der Waals surface area contributed by atoms with Crippen molar-refractivity contribution in [2.75, 3.05) is 20.1 Å². The van der Waals surface area contributed by atoms with Gasteiger partial charge in [0, 0.05) is 12.6 Å². The fourth-order valence-electron chi connectivity index (χ4n) is 2.40. The summed E-state index contributed by atoms with van der Waals surface area (Å²) in [5.41, 5.74) is 0.472. The molecular formula is C17H27N3. The molecule has 0 bridgehead atoms. The predicted octanol–water partition coefficient (Wildman–Crippen LogP) is 3.14. The van der Waals surface area contributed by atoms with E-state index in [1.165, 1.54) is 0 Å². The van der Waals surface area contributed by atoms with Crippen molar-refractivity contribution in [1.82, 2.24) is 10.2 Å². The van der Waals surface area contributed by atoms with Crippen LogP contribution in [0, 0.1) is 11.3 Å². The Hall–Kier alpha value is -1.37. The third kappa shape index (κ3) is 4.06. The van der Waals surface area contributed by atoms with Crippen LogP contribution < -0.4 is 5.32 Å². The van der Waals surface area contributed by atoms with E-state index in [0.29, 0.717) is 6.04 Å². The molecule has 0 spiro atoms. The SMILES string of the molecule is CCNC(C#N)(CCN(C)C(C)CC)c1ccccc1. The summed E-state index contributed by atoms with van der Waals surface area (Å²) in [6.45, 7) is 8.16. The molecule has 0 aliphatic heterocycles. The molecule has 1 aromatic carbocycles. The van der Waals surface area contributed by atoms with Crippen molar-refractivity contribution in [3.63, 3.8) is 0 Å². The van der Waals surface area contributed by atoms with Crippen molar-refractivity contribution in [2.24, 2.45) is 0 Å². The molecule has 0 saturated heterocycles. The summed E-state index contributed by atoms with van der Waals surface area (Å²) in [6, 6.07) is 13.1. The summed E-state index contributed by atoms with van der Waals surface area (Å²) < 4.78 is 0. The third-order valence-electron chi connectivity index (χ3n) is 4.12. The molecule has 2 unspecified atom stereocenters. The van der Waals surface area contributed by atoms with E-state index < -0.39 is 5.54 Å². The van der Waals surface area contributed by atoms with Crippen LogP contribution in [0.2, 0.25) is 0 Å². The molecule has 2 atom stereocenters. The summed E-state index contributed by atoms with van der Waals surface area (Å²) in [5.74, 6) is 0. The first-order valence-electron chi connectivity index (χ1n) is 7.51. The summed E-state index contributed by atoms with van der Waals surface area (Å²) in [4.78, 5) is 2.33. The standard InChI is InChI=1S/C17H27N3/c1-5-15(3)20(4)13-12-17(14-18,19-6-2)16-10-8-7-9-11-16/h7-11,15,19H,5-6,12-13H2,1-4H3. The average molecular weight is 273 g/mol. The number of hydrogen-bond acceptors (Lipinski definition) is 3. The fraction of sp³-hybridized carbons (Fsp3) is 0.588. The van der Waals surface area contributed by atoms with E-state index in [4.69, 9.17) is 0 Å². The molecule has 1 rings (SSSR count). The molecule has 0 amide bonds. The maximum Gasteiger partial charge on any atom is 0.133 e. The second kappa shape index (κ2) is 8.04. The Balaban J connectivity index is 2.88. The van der Waals surface area contributed by atoms with Gasteiger partial charge in [0.05, 0.1) is 6.07 Å². The maximum absolute atomic E-state index is 9.74. The minimum atomic E-state index is -0.586. The van der Waals surface area contributed by atoms with Crippen LogP contribution in [0.15, 0.2) is 30.3 Å². The predicted molar refractivity (Wildman–Crippen MR) is 84.4 cm³/mol. The van der Waals surface area contributed by atoms with Crippen LogP contribution in [0.1, 0.15) is 39.2 Å². The highest BCUT2D eigenvalue weighted by Crippen LogP contribution is 2.25. The number of hydrogen-bond donors (Lipinski definition) is 1. The van der Waals surface area contributed by atoms with Crippen LogP contribution >= 0.6 is 0 Å². The monoisotopic (exact) mass is 273 g/mol. The molecule has 1 aromatic rings. The van der Waals surface area contributed by atoms with Gasteiger partial charge in [-0.2, -0.15) is 5.26 Å². The second-order valence-electron chi connectivity index (χ2n) is 5.40. The molecule has 0 aliphatic rings. The normalized spacial score (nSPS) is 15.6. The van der Waals surface area contributed by atoms with E-state index in [-0.39, 0.29) is 0 Å². The molecule has 3 nitrogen and oxygen atoms in total. The first-order chi connectivity index (χ1) is 9.59. The fourth-order valence-corrected chi connectivity index (χ4v) is 2.40. The van der Waals surface area contributed by atoms with Gasteiger partial charge in [0.1, 0.15) is 5.54 Å². The van der Waals surface area contributed by atoms with Gasteiger partial charge in [0.25, 0.3) is 0 Å². The van der Waals surface area contributed by atoms with Gasteiger partial charge in [-0.05, 0) is 38.9 Å². The molecule has 20 heavy (non-hydrogen) atoms. The Bertz CT molecular complexity index is 424. The van der Waals surface area contributed by atoms with E-state index in [0.717, 1.165) is 31.5 Å². The third-order valence-corrected chi connectivity index (χ3v) is 4.12. The number of nitrogens with one attached hydrogen (secondary N) is 1. The Kier molecular flexibility index (Phi) is 6.70. The van der Waals surface area contributed by atoms with Crippen LogP contribution in [0.5, 0.6) is 0 Å². The van der Waals surface area contributed by atoms with Crippen molar-refractivity contribution in [2.45, 2.75) is 45.2 Å². The maximum atomic E-state index is 9.74. The van der Waals surface area contributed by atoms with E-state index in [1.54, 1.807) is 0 Å². The first kappa shape index (κ1) is 16.7.